The summed E-state index contributed by atoms with van der Waals surface area (Å²) < 4.78 is 8.63. The quantitative estimate of drug-likeness (QED) is 0.159. The zero-order chi connectivity index (χ0) is 45.7. The molecular weight excluding hydrogens is 849 g/mol. The van der Waals surface area contributed by atoms with Gasteiger partial charge in [0.2, 0.25) is 0 Å². The van der Waals surface area contributed by atoms with Gasteiger partial charge in [0.15, 0.2) is 0 Å². The van der Waals surface area contributed by atoms with E-state index in [0.717, 1.165) is 44.8 Å². The van der Waals surface area contributed by atoms with Gasteiger partial charge in [0.1, 0.15) is 0 Å². The molecule has 0 fully saturated rings. The first-order valence-electron chi connectivity index (χ1n) is 22.6. The summed E-state index contributed by atoms with van der Waals surface area (Å²) in [6, 6.07) is 23.2. The van der Waals surface area contributed by atoms with Crippen LogP contribution in [0.25, 0.3) is 105 Å². The molecule has 6 aromatic heterocycles. The minimum Gasteiger partial charge on any atom is -0.355 e. The minimum atomic E-state index is 0.995. The summed E-state index contributed by atoms with van der Waals surface area (Å²) in [5.74, 6) is 0. The summed E-state index contributed by atoms with van der Waals surface area (Å²) in [5, 5.41) is 8.68. The maximum atomic E-state index is 4.99. The Morgan fingerprint density at radius 1 is 0.308 bits per heavy atom. The number of aromatic nitrogens is 4. The summed E-state index contributed by atoms with van der Waals surface area (Å²) in [6.07, 6.45) is 0. The van der Waals surface area contributed by atoms with Crippen LogP contribution >= 0.6 is 34.0 Å². The lowest BCUT2D eigenvalue weighted by atomic mass is 9.99. The van der Waals surface area contributed by atoms with Gasteiger partial charge in [-0.3, -0.25) is 0 Å². The molecule has 7 heteroatoms. The lowest BCUT2D eigenvalue weighted by Crippen LogP contribution is -1.82. The fourth-order valence-corrected chi connectivity index (χ4v) is 14.0. The van der Waals surface area contributed by atoms with Crippen LogP contribution < -0.4 is 0 Å². The highest BCUT2D eigenvalue weighted by atomic mass is 32.1. The maximum absolute atomic E-state index is 4.99. The van der Waals surface area contributed by atoms with Crippen molar-refractivity contribution in [2.45, 2.75) is 96.9 Å². The van der Waals surface area contributed by atoms with Gasteiger partial charge in [-0.25, -0.2) is 9.97 Å². The molecule has 0 saturated heterocycles. The standard InChI is InChI=1S/C30H24S3.C28H30N4/c1-13-7-19-22(10-16(13)4)31-28-25(19)29-27(20-8-14(2)17(5)11-23(20)32-29)30-26(28)21-9-15(3)18(6)12-24(21)33-30;1-13-14(2)22-10-24-17(5)18(6)26(31-24)12-28-20(8)19(7)27(32-28)11-25-16(4)15(3)23(30-25)9-21(13)29-22/h7-12H,1-6H3;9-12,29-30H,1-8H3. The summed E-state index contributed by atoms with van der Waals surface area (Å²) >= 11 is 5.96. The molecule has 2 aliphatic heterocycles. The zero-order valence-corrected chi connectivity index (χ0v) is 42.3. The van der Waals surface area contributed by atoms with Crippen molar-refractivity contribution < 1.29 is 0 Å². The van der Waals surface area contributed by atoms with E-state index in [4.69, 9.17) is 9.97 Å². The highest BCUT2D eigenvalue weighted by Gasteiger charge is 2.23. The van der Waals surface area contributed by atoms with Gasteiger partial charge < -0.3 is 9.97 Å². The molecule has 0 unspecified atom stereocenters. The van der Waals surface area contributed by atoms with Gasteiger partial charge in [-0.15, -0.1) is 34.0 Å². The first-order chi connectivity index (χ1) is 31.0. The third-order valence-electron chi connectivity index (χ3n) is 15.1. The highest BCUT2D eigenvalue weighted by Crippen LogP contribution is 2.54. The Bertz CT molecular complexity index is 3660. The second-order valence-electron chi connectivity index (χ2n) is 19.0. The monoisotopic (exact) mass is 902 g/mol. The number of allylic oxidation sites excluding steroid dienone is 4. The van der Waals surface area contributed by atoms with Crippen LogP contribution in [0.15, 0.2) is 60.7 Å². The summed E-state index contributed by atoms with van der Waals surface area (Å²) in [7, 11) is 0. The van der Waals surface area contributed by atoms with Gasteiger partial charge in [-0.1, -0.05) is 0 Å². The van der Waals surface area contributed by atoms with Crippen LogP contribution in [0.2, 0.25) is 0 Å². The van der Waals surface area contributed by atoms with E-state index in [0.29, 0.717) is 0 Å². The molecule has 4 nitrogen and oxygen atoms in total. The van der Waals surface area contributed by atoms with Crippen LogP contribution in [-0.4, -0.2) is 19.9 Å². The average Bonchev–Trinajstić information content (AvgIpc) is 4.12. The molecule has 4 aromatic carbocycles. The number of hydrogen-bond donors (Lipinski definition) is 2. The van der Waals surface area contributed by atoms with Crippen molar-refractivity contribution in [3.05, 3.63) is 139 Å². The Hall–Kier alpha value is -5.86. The van der Waals surface area contributed by atoms with E-state index < -0.39 is 0 Å². The van der Waals surface area contributed by atoms with Crippen molar-refractivity contribution in [2.75, 3.05) is 0 Å². The number of H-pyrrole nitrogens is 2. The molecule has 65 heavy (non-hydrogen) atoms. The lowest BCUT2D eigenvalue weighted by Gasteiger charge is -2.03. The number of hydrogen-bond acceptors (Lipinski definition) is 5. The molecule has 12 rings (SSSR count). The van der Waals surface area contributed by atoms with Crippen molar-refractivity contribution in [1.29, 1.82) is 0 Å². The van der Waals surface area contributed by atoms with Crippen LogP contribution in [0.4, 0.5) is 0 Å². The predicted octanol–water partition coefficient (Wildman–Crippen LogP) is 18.1. The van der Waals surface area contributed by atoms with Gasteiger partial charge in [-0.2, -0.15) is 0 Å². The van der Waals surface area contributed by atoms with Gasteiger partial charge in [0.05, 0.1) is 22.8 Å². The van der Waals surface area contributed by atoms with Crippen molar-refractivity contribution in [3.8, 4) is 0 Å². The van der Waals surface area contributed by atoms with E-state index in [1.807, 2.05) is 34.0 Å². The fourth-order valence-electron chi connectivity index (χ4n) is 9.79. The molecule has 0 spiro atoms. The Balaban J connectivity index is 0.000000144. The Labute approximate surface area is 392 Å². The second-order valence-corrected chi connectivity index (χ2v) is 22.1. The Kier molecular flexibility index (Phi) is 9.54. The smallest absolute Gasteiger partial charge is 0.0691 e. The number of thiophene rings is 3. The summed E-state index contributed by atoms with van der Waals surface area (Å²) in [4.78, 5) is 17.3. The van der Waals surface area contributed by atoms with Crippen LogP contribution in [0.5, 0.6) is 0 Å². The van der Waals surface area contributed by atoms with Gasteiger partial charge in [0.25, 0.3) is 0 Å². The van der Waals surface area contributed by atoms with Crippen LogP contribution in [-0.2, 0) is 0 Å². The van der Waals surface area contributed by atoms with E-state index >= 15 is 0 Å². The first-order valence-corrected chi connectivity index (χ1v) is 25.1. The third kappa shape index (κ3) is 6.33. The van der Waals surface area contributed by atoms with E-state index in [-0.39, 0.29) is 0 Å². The number of aromatic amines is 2. The topological polar surface area (TPSA) is 57.4 Å². The van der Waals surface area contributed by atoms with Crippen molar-refractivity contribution >= 4 is 139 Å². The molecule has 0 saturated carbocycles. The first kappa shape index (κ1) is 41.8. The molecule has 8 bridgehead atoms. The molecule has 10 aromatic rings. The molecule has 2 N–H and O–H groups in total. The number of nitrogens with zero attached hydrogens (tertiary/aromatic N) is 2. The van der Waals surface area contributed by atoms with Gasteiger partial charge >= 0.3 is 0 Å². The van der Waals surface area contributed by atoms with E-state index in [2.05, 4.69) is 168 Å². The highest BCUT2D eigenvalue weighted by molar-refractivity contribution is 7.33. The van der Waals surface area contributed by atoms with E-state index in [9.17, 15) is 0 Å². The number of nitrogens with one attached hydrogen (secondary N) is 2. The van der Waals surface area contributed by atoms with Gasteiger partial charge in [0, 0.05) is 82.6 Å². The Morgan fingerprint density at radius 2 is 0.569 bits per heavy atom. The molecule has 2 aliphatic rings. The molecule has 0 atom stereocenters. The fraction of sp³-hybridized carbons (Fsp3) is 0.241. The van der Waals surface area contributed by atoms with Crippen molar-refractivity contribution in [1.82, 2.24) is 19.9 Å². The predicted molar refractivity (Wildman–Crippen MR) is 290 cm³/mol. The molecule has 0 aliphatic carbocycles. The zero-order valence-electron chi connectivity index (χ0n) is 39.9. The molecular formula is C58H54N4S3. The molecule has 0 amide bonds. The normalized spacial score (nSPS) is 13.3. The number of fused-ring (bicyclic) bond motifs is 20. The largest absolute Gasteiger partial charge is 0.355 e. The number of aryl methyl sites for hydroxylation is 10. The minimum absolute atomic E-state index is 0.995. The summed E-state index contributed by atoms with van der Waals surface area (Å²) in [5.41, 5.74) is 26.7. The third-order valence-corrected chi connectivity index (χ3v) is 18.7. The molecule has 8 heterocycles. The Morgan fingerprint density at radius 3 is 0.877 bits per heavy atom. The number of benzene rings is 4. The second kappa shape index (κ2) is 14.8. The van der Waals surface area contributed by atoms with Crippen LogP contribution in [0, 0.1) is 69.2 Å². The lowest BCUT2D eigenvalue weighted by molar-refractivity contribution is 1.25. The van der Waals surface area contributed by atoms with Gasteiger partial charge in [-0.05, 0) is 236 Å². The molecule has 0 radical (unpaired) electrons. The van der Waals surface area contributed by atoms with Crippen LogP contribution in [0.1, 0.15) is 106 Å². The molecule has 324 valence electrons. The number of rotatable bonds is 0. The van der Waals surface area contributed by atoms with Crippen molar-refractivity contribution in [3.63, 3.8) is 0 Å². The van der Waals surface area contributed by atoms with Crippen LogP contribution in [0.3, 0.4) is 0 Å². The van der Waals surface area contributed by atoms with E-state index in [1.54, 1.807) is 0 Å². The average molecular weight is 903 g/mol. The maximum Gasteiger partial charge on any atom is 0.0691 e. The SMILES string of the molecule is CC1=C(C)c2cc3[nH]c(cc4[nH]c(cc5nc(cc1n2)C(C)=C5C)c(C)c4C)c(C)c3C.Cc1cc2sc3c(c2cc1C)c1sc2cc(C)c(C)cc2c1c1sc2cc(C)c(C)cc2c31. The van der Waals surface area contributed by atoms with E-state index in [1.165, 1.54) is 138 Å². The summed E-state index contributed by atoms with van der Waals surface area (Å²) in [6.45, 7) is 30.8. The van der Waals surface area contributed by atoms with Crippen molar-refractivity contribution in [2.24, 2.45) is 0 Å².